The number of benzene rings is 2. The number of phenols is 1. The van der Waals surface area contributed by atoms with E-state index >= 15 is 0 Å². The molecule has 0 radical (unpaired) electrons. The molecule has 2 aromatic carbocycles. The fourth-order valence-electron chi connectivity index (χ4n) is 4.74. The minimum Gasteiger partial charge on any atom is -0.508 e. The van der Waals surface area contributed by atoms with Gasteiger partial charge in [0.25, 0.3) is 0 Å². The number of nitrogens with two attached hydrogens (primary N) is 2. The van der Waals surface area contributed by atoms with Crippen LogP contribution in [0.25, 0.3) is 0 Å². The molecule has 0 aliphatic heterocycles. The molecule has 220 valence electrons. The van der Waals surface area contributed by atoms with E-state index in [1.54, 1.807) is 24.3 Å². The van der Waals surface area contributed by atoms with Crippen molar-refractivity contribution < 1.29 is 23.9 Å². The monoisotopic (exact) mass is 582 g/mol. The van der Waals surface area contributed by atoms with Crippen molar-refractivity contribution in [1.82, 2.24) is 9.80 Å². The highest BCUT2D eigenvalue weighted by Gasteiger charge is 2.36. The molecule has 1 aromatic heterocycles. The third-order valence-electron chi connectivity index (χ3n) is 7.20. The Kier molecular flexibility index (Phi) is 10.3. The summed E-state index contributed by atoms with van der Waals surface area (Å²) in [7, 11) is 3.02. The topological polar surface area (TPSA) is 130 Å². The average molecular weight is 583 g/mol. The fraction of sp³-hybridized carbons (Fsp3) is 0.387. The lowest BCUT2D eigenvalue weighted by Gasteiger charge is -2.35. The molecule has 0 aliphatic rings. The maximum atomic E-state index is 14.0. The Labute approximate surface area is 244 Å². The van der Waals surface area contributed by atoms with Crippen molar-refractivity contribution in [2.24, 2.45) is 11.5 Å². The number of thiophene rings is 1. The van der Waals surface area contributed by atoms with Gasteiger partial charge in [0.05, 0.1) is 6.04 Å². The van der Waals surface area contributed by atoms with Gasteiger partial charge < -0.3 is 26.4 Å². The van der Waals surface area contributed by atoms with Crippen LogP contribution in [0.5, 0.6) is 5.75 Å². The standard InChI is InChI=1S/C31H39FN4O4S/c1-31(2,3)23-15-20(10-13-27(23)37)17-25(28(34)38)35(4)30(40)26(18-22-7-6-14-41-22)36(5)29(39)24(33)16-19-8-11-21(32)12-9-19/h6-15,24-26,37H,16-18,33H2,1-5H3,(H2,34,38)/t24-,25-,26+/m0/s1. The maximum Gasteiger partial charge on any atom is 0.246 e. The van der Waals surface area contributed by atoms with E-state index in [-0.39, 0.29) is 36.2 Å². The summed E-state index contributed by atoms with van der Waals surface area (Å²) in [6.45, 7) is 5.90. The van der Waals surface area contributed by atoms with Crippen molar-refractivity contribution in [3.8, 4) is 5.75 Å². The molecule has 0 spiro atoms. The molecule has 5 N–H and O–H groups in total. The van der Waals surface area contributed by atoms with Gasteiger partial charge in [-0.15, -0.1) is 11.3 Å². The van der Waals surface area contributed by atoms with E-state index in [1.165, 1.54) is 47.4 Å². The third-order valence-corrected chi connectivity index (χ3v) is 8.10. The zero-order valence-electron chi connectivity index (χ0n) is 24.1. The van der Waals surface area contributed by atoms with Crippen LogP contribution >= 0.6 is 11.3 Å². The van der Waals surface area contributed by atoms with Gasteiger partial charge in [0, 0.05) is 31.8 Å². The van der Waals surface area contributed by atoms with Crippen molar-refractivity contribution in [3.05, 3.63) is 87.4 Å². The summed E-state index contributed by atoms with van der Waals surface area (Å²) >= 11 is 1.45. The highest BCUT2D eigenvalue weighted by molar-refractivity contribution is 7.09. The molecule has 1 heterocycles. The molecule has 3 rings (SSSR count). The van der Waals surface area contributed by atoms with Gasteiger partial charge in [0.1, 0.15) is 23.7 Å². The maximum absolute atomic E-state index is 14.0. The van der Waals surface area contributed by atoms with E-state index in [2.05, 4.69) is 0 Å². The van der Waals surface area contributed by atoms with Crippen LogP contribution in [-0.2, 0) is 39.1 Å². The molecule has 3 atom stereocenters. The Hall–Kier alpha value is -3.76. The summed E-state index contributed by atoms with van der Waals surface area (Å²) in [5.41, 5.74) is 13.8. The summed E-state index contributed by atoms with van der Waals surface area (Å²) in [4.78, 5) is 43.5. The van der Waals surface area contributed by atoms with Gasteiger partial charge >= 0.3 is 0 Å². The van der Waals surface area contributed by atoms with Gasteiger partial charge in [-0.05, 0) is 58.2 Å². The van der Waals surface area contributed by atoms with Crippen molar-refractivity contribution in [2.45, 2.75) is 63.6 Å². The van der Waals surface area contributed by atoms with E-state index in [9.17, 15) is 23.9 Å². The lowest BCUT2D eigenvalue weighted by molar-refractivity contribution is -0.147. The molecule has 0 saturated carbocycles. The van der Waals surface area contributed by atoms with E-state index in [0.29, 0.717) is 11.1 Å². The number of hydrogen-bond acceptors (Lipinski definition) is 6. The Morgan fingerprint density at radius 2 is 1.51 bits per heavy atom. The Morgan fingerprint density at radius 1 is 0.902 bits per heavy atom. The van der Waals surface area contributed by atoms with Gasteiger partial charge in [-0.25, -0.2) is 4.39 Å². The van der Waals surface area contributed by atoms with Crippen LogP contribution in [0.3, 0.4) is 0 Å². The third kappa shape index (κ3) is 8.14. The number of carbonyl (C=O) groups is 3. The molecule has 3 amide bonds. The van der Waals surface area contributed by atoms with Gasteiger partial charge in [-0.1, -0.05) is 51.1 Å². The molecule has 0 fully saturated rings. The number of hydrogen-bond donors (Lipinski definition) is 3. The number of amides is 3. The summed E-state index contributed by atoms with van der Waals surface area (Å²) in [5.74, 6) is -1.85. The van der Waals surface area contributed by atoms with Crippen molar-refractivity contribution in [2.75, 3.05) is 14.1 Å². The number of likely N-dealkylation sites (N-methyl/N-ethyl adjacent to an activating group) is 2. The number of rotatable bonds is 11. The van der Waals surface area contributed by atoms with Gasteiger partial charge in [0.2, 0.25) is 17.7 Å². The van der Waals surface area contributed by atoms with Crippen molar-refractivity contribution in [3.63, 3.8) is 0 Å². The van der Waals surface area contributed by atoms with Crippen LogP contribution in [0.2, 0.25) is 0 Å². The van der Waals surface area contributed by atoms with Gasteiger partial charge in [0.15, 0.2) is 0 Å². The summed E-state index contributed by atoms with van der Waals surface area (Å²) in [5, 5.41) is 12.2. The summed E-state index contributed by atoms with van der Waals surface area (Å²) in [6.07, 6.45) is 0.527. The number of primary amides is 1. The van der Waals surface area contributed by atoms with Crippen LogP contribution in [-0.4, -0.2) is 64.8 Å². The highest BCUT2D eigenvalue weighted by atomic mass is 32.1. The first-order valence-electron chi connectivity index (χ1n) is 13.4. The normalized spacial score (nSPS) is 13.7. The smallest absolute Gasteiger partial charge is 0.246 e. The lowest BCUT2D eigenvalue weighted by atomic mass is 9.84. The van der Waals surface area contributed by atoms with E-state index < -0.39 is 35.8 Å². The van der Waals surface area contributed by atoms with Crippen molar-refractivity contribution >= 4 is 29.1 Å². The van der Waals surface area contributed by atoms with Crippen LogP contribution in [0.4, 0.5) is 4.39 Å². The molecule has 8 nitrogen and oxygen atoms in total. The minimum atomic E-state index is -0.998. The second kappa shape index (κ2) is 13.3. The van der Waals surface area contributed by atoms with Gasteiger partial charge in [-0.3, -0.25) is 14.4 Å². The molecule has 0 bridgehead atoms. The minimum absolute atomic E-state index is 0.133. The zero-order valence-corrected chi connectivity index (χ0v) is 25.0. The first kappa shape index (κ1) is 31.8. The SMILES string of the molecule is CN(C(=O)[C@@H](N)Cc1ccc(F)cc1)[C@H](Cc1cccs1)C(=O)N(C)[C@@H](Cc1ccc(O)c(C(C)(C)C)c1)C(N)=O. The average Bonchev–Trinajstić information content (AvgIpc) is 3.43. The number of halogens is 1. The van der Waals surface area contributed by atoms with Crippen LogP contribution in [0, 0.1) is 5.82 Å². The highest BCUT2D eigenvalue weighted by Crippen LogP contribution is 2.31. The molecule has 41 heavy (non-hydrogen) atoms. The zero-order chi connectivity index (χ0) is 30.5. The van der Waals surface area contributed by atoms with E-state index in [0.717, 1.165) is 10.4 Å². The lowest BCUT2D eigenvalue weighted by Crippen LogP contribution is -2.57. The number of aromatic hydroxyl groups is 1. The Bertz CT molecular complexity index is 1360. The molecule has 0 unspecified atom stereocenters. The number of phenolic OH excluding ortho intramolecular Hbond substituents is 1. The Balaban J connectivity index is 1.86. The van der Waals surface area contributed by atoms with Gasteiger partial charge in [-0.2, -0.15) is 0 Å². The number of nitrogens with zero attached hydrogens (tertiary/aromatic N) is 2. The second-order valence-corrected chi connectivity index (χ2v) is 12.4. The molecule has 0 saturated heterocycles. The first-order valence-corrected chi connectivity index (χ1v) is 14.2. The fourth-order valence-corrected chi connectivity index (χ4v) is 5.48. The second-order valence-electron chi connectivity index (χ2n) is 11.4. The largest absolute Gasteiger partial charge is 0.508 e. The van der Waals surface area contributed by atoms with Crippen LogP contribution < -0.4 is 11.5 Å². The molecule has 10 heteroatoms. The molecular weight excluding hydrogens is 543 g/mol. The van der Waals surface area contributed by atoms with E-state index in [1.807, 2.05) is 44.4 Å². The molecule has 3 aromatic rings. The van der Waals surface area contributed by atoms with E-state index in [4.69, 9.17) is 11.5 Å². The molecular formula is C31H39FN4O4S. The number of carbonyl (C=O) groups excluding carboxylic acids is 3. The summed E-state index contributed by atoms with van der Waals surface area (Å²) < 4.78 is 13.3. The quantitative estimate of drug-likeness (QED) is 0.319. The predicted octanol–water partition coefficient (Wildman–Crippen LogP) is 3.38. The van der Waals surface area contributed by atoms with Crippen LogP contribution in [0.1, 0.15) is 42.3 Å². The molecule has 0 aliphatic carbocycles. The van der Waals surface area contributed by atoms with Crippen molar-refractivity contribution in [1.29, 1.82) is 0 Å². The predicted molar refractivity (Wildman–Crippen MR) is 159 cm³/mol. The van der Waals surface area contributed by atoms with Crippen LogP contribution in [0.15, 0.2) is 60.0 Å². The Morgan fingerprint density at radius 3 is 2.07 bits per heavy atom. The summed E-state index contributed by atoms with van der Waals surface area (Å²) in [6, 6.07) is 11.6. The first-order chi connectivity index (χ1) is 19.2.